The number of carbonyl (C=O) groups is 2. The van der Waals surface area contributed by atoms with Crippen molar-refractivity contribution < 1.29 is 19.1 Å². The number of hydrogen-bond donors (Lipinski definition) is 0. The van der Waals surface area contributed by atoms with Crippen LogP contribution in [-0.4, -0.2) is 54.4 Å². The molecule has 8 nitrogen and oxygen atoms in total. The van der Waals surface area contributed by atoms with Crippen LogP contribution in [0.3, 0.4) is 0 Å². The highest BCUT2D eigenvalue weighted by atomic mass is 16.5. The Kier molecular flexibility index (Phi) is 4.60. The first-order valence-electron chi connectivity index (χ1n) is 6.12. The van der Waals surface area contributed by atoms with Gasteiger partial charge in [0.15, 0.2) is 0 Å². The van der Waals surface area contributed by atoms with E-state index in [2.05, 4.69) is 24.7 Å². The molecule has 1 aromatic carbocycles. The van der Waals surface area contributed by atoms with Crippen molar-refractivity contribution in [1.29, 1.82) is 0 Å². The molecule has 8 heteroatoms. The Bertz CT molecular complexity index is 643. The van der Waals surface area contributed by atoms with Gasteiger partial charge in [-0.3, -0.25) is 9.59 Å². The van der Waals surface area contributed by atoms with E-state index in [4.69, 9.17) is 0 Å². The lowest BCUT2D eigenvalue weighted by atomic mass is 10.3. The van der Waals surface area contributed by atoms with E-state index in [1.807, 2.05) is 12.1 Å². The lowest BCUT2D eigenvalue weighted by Crippen LogP contribution is -2.37. The minimum Gasteiger partial charge on any atom is -0.468 e. The second-order valence-corrected chi connectivity index (χ2v) is 4.11. The van der Waals surface area contributed by atoms with Crippen molar-refractivity contribution in [1.82, 2.24) is 15.2 Å². The number of rotatable bonds is 5. The molecule has 0 aliphatic rings. The molecular weight excluding hydrogens is 276 g/mol. The Hall–Kier alpha value is -2.77. The molecular formula is C13H14N4O4. The molecule has 0 bridgehead atoms. The molecule has 110 valence electrons. The summed E-state index contributed by atoms with van der Waals surface area (Å²) in [6, 6.07) is 7.16. The lowest BCUT2D eigenvalue weighted by Gasteiger charge is -2.19. The van der Waals surface area contributed by atoms with Crippen molar-refractivity contribution in [3.05, 3.63) is 24.3 Å². The standard InChI is InChI=1S/C13H14N4O4/c1-20-11(18)7-17(8-12(19)21-2)13-14-9-5-3-4-6-10(9)15-16-13/h3-6H,7-8H2,1-2H3. The number of para-hydroxylation sites is 1. The number of carbonyl (C=O) groups excluding carboxylic acids is 2. The van der Waals surface area contributed by atoms with Gasteiger partial charge in [0.2, 0.25) is 5.95 Å². The number of ether oxygens (including phenoxy) is 2. The van der Waals surface area contributed by atoms with Crippen LogP contribution < -0.4 is 4.90 Å². The summed E-state index contributed by atoms with van der Waals surface area (Å²) in [7, 11) is 2.52. The Morgan fingerprint density at radius 3 is 2.14 bits per heavy atom. The molecule has 0 spiro atoms. The van der Waals surface area contributed by atoms with Crippen LogP contribution in [0.5, 0.6) is 0 Å². The van der Waals surface area contributed by atoms with Crippen molar-refractivity contribution in [2.75, 3.05) is 32.2 Å². The highest BCUT2D eigenvalue weighted by Gasteiger charge is 2.19. The van der Waals surface area contributed by atoms with Crippen LogP contribution in [0.25, 0.3) is 11.0 Å². The van der Waals surface area contributed by atoms with Crippen LogP contribution in [-0.2, 0) is 19.1 Å². The van der Waals surface area contributed by atoms with E-state index in [0.29, 0.717) is 11.0 Å². The molecule has 0 aliphatic carbocycles. The SMILES string of the molecule is COC(=O)CN(CC(=O)OC)c1nnc2ccccc2n1. The molecule has 21 heavy (non-hydrogen) atoms. The maximum absolute atomic E-state index is 11.4. The van der Waals surface area contributed by atoms with Crippen LogP contribution >= 0.6 is 0 Å². The molecule has 0 unspecified atom stereocenters. The fraction of sp³-hybridized carbons (Fsp3) is 0.308. The quantitative estimate of drug-likeness (QED) is 0.720. The Labute approximate surface area is 120 Å². The van der Waals surface area contributed by atoms with Gasteiger partial charge in [0.25, 0.3) is 0 Å². The van der Waals surface area contributed by atoms with Gasteiger partial charge in [0, 0.05) is 0 Å². The molecule has 1 heterocycles. The second kappa shape index (κ2) is 6.60. The molecule has 0 radical (unpaired) electrons. The molecule has 0 amide bonds. The number of aromatic nitrogens is 3. The van der Waals surface area contributed by atoms with Crippen molar-refractivity contribution in [3.8, 4) is 0 Å². The Morgan fingerprint density at radius 1 is 1.00 bits per heavy atom. The van der Waals surface area contributed by atoms with Gasteiger partial charge in [-0.25, -0.2) is 4.98 Å². The zero-order valence-electron chi connectivity index (χ0n) is 11.6. The van der Waals surface area contributed by atoms with Crippen molar-refractivity contribution in [2.24, 2.45) is 0 Å². The van der Waals surface area contributed by atoms with Crippen LogP contribution in [0.2, 0.25) is 0 Å². The monoisotopic (exact) mass is 290 g/mol. The summed E-state index contributed by atoms with van der Waals surface area (Å²) < 4.78 is 9.19. The lowest BCUT2D eigenvalue weighted by molar-refractivity contribution is -0.140. The van der Waals surface area contributed by atoms with Crippen molar-refractivity contribution in [2.45, 2.75) is 0 Å². The first kappa shape index (κ1) is 14.6. The maximum atomic E-state index is 11.4. The molecule has 0 saturated carbocycles. The average Bonchev–Trinajstić information content (AvgIpc) is 2.53. The zero-order valence-corrected chi connectivity index (χ0v) is 11.6. The number of benzene rings is 1. The summed E-state index contributed by atoms with van der Waals surface area (Å²) in [6.07, 6.45) is 0. The fourth-order valence-electron chi connectivity index (χ4n) is 1.64. The van der Waals surface area contributed by atoms with Crippen molar-refractivity contribution in [3.63, 3.8) is 0 Å². The van der Waals surface area contributed by atoms with E-state index in [1.54, 1.807) is 12.1 Å². The highest BCUT2D eigenvalue weighted by molar-refractivity contribution is 5.81. The van der Waals surface area contributed by atoms with Gasteiger partial charge in [0.1, 0.15) is 18.6 Å². The molecule has 1 aromatic heterocycles. The number of hydrogen-bond acceptors (Lipinski definition) is 8. The van der Waals surface area contributed by atoms with Gasteiger partial charge >= 0.3 is 11.9 Å². The van der Waals surface area contributed by atoms with Gasteiger partial charge in [-0.05, 0) is 12.1 Å². The van der Waals surface area contributed by atoms with E-state index in [0.717, 1.165) is 0 Å². The topological polar surface area (TPSA) is 94.5 Å². The van der Waals surface area contributed by atoms with E-state index in [9.17, 15) is 9.59 Å². The predicted octanol–water partition coefficient (Wildman–Crippen LogP) is 0.177. The van der Waals surface area contributed by atoms with Crippen molar-refractivity contribution >= 4 is 28.9 Å². The Balaban J connectivity index is 2.32. The minimum atomic E-state index is -0.518. The summed E-state index contributed by atoms with van der Waals surface area (Å²) in [5, 5.41) is 7.94. The van der Waals surface area contributed by atoms with Gasteiger partial charge in [-0.1, -0.05) is 12.1 Å². The van der Waals surface area contributed by atoms with Crippen LogP contribution in [0.4, 0.5) is 5.95 Å². The summed E-state index contributed by atoms with van der Waals surface area (Å²) in [6.45, 7) is -0.350. The third kappa shape index (κ3) is 3.62. The van der Waals surface area contributed by atoms with Crippen LogP contribution in [0.15, 0.2) is 24.3 Å². The first-order valence-corrected chi connectivity index (χ1v) is 6.12. The van der Waals surface area contributed by atoms with Gasteiger partial charge in [-0.15, -0.1) is 10.2 Å². The molecule has 0 fully saturated rings. The largest absolute Gasteiger partial charge is 0.468 e. The zero-order chi connectivity index (χ0) is 15.2. The van der Waals surface area contributed by atoms with Crippen LogP contribution in [0, 0.1) is 0 Å². The number of methoxy groups -OCH3 is 2. The summed E-state index contributed by atoms with van der Waals surface area (Å²) >= 11 is 0. The van der Waals surface area contributed by atoms with E-state index in [1.165, 1.54) is 19.1 Å². The third-order valence-corrected chi connectivity index (χ3v) is 2.73. The fourth-order valence-corrected chi connectivity index (χ4v) is 1.64. The molecule has 0 saturated heterocycles. The molecule has 0 N–H and O–H groups in total. The highest BCUT2D eigenvalue weighted by Crippen LogP contribution is 2.12. The maximum Gasteiger partial charge on any atom is 0.325 e. The van der Waals surface area contributed by atoms with Gasteiger partial charge in [0.05, 0.1) is 19.7 Å². The predicted molar refractivity (Wildman–Crippen MR) is 73.6 cm³/mol. The third-order valence-electron chi connectivity index (χ3n) is 2.73. The number of fused-ring (bicyclic) bond motifs is 1. The summed E-state index contributed by atoms with van der Waals surface area (Å²) in [5.41, 5.74) is 1.24. The average molecular weight is 290 g/mol. The van der Waals surface area contributed by atoms with Crippen LogP contribution in [0.1, 0.15) is 0 Å². The molecule has 2 rings (SSSR count). The van der Waals surface area contributed by atoms with Gasteiger partial charge in [-0.2, -0.15) is 0 Å². The first-order chi connectivity index (χ1) is 10.1. The van der Waals surface area contributed by atoms with Gasteiger partial charge < -0.3 is 14.4 Å². The smallest absolute Gasteiger partial charge is 0.325 e. The molecule has 0 atom stereocenters. The minimum absolute atomic E-state index is 0.157. The number of esters is 2. The number of nitrogens with zero attached hydrogens (tertiary/aromatic N) is 4. The molecule has 0 aliphatic heterocycles. The Morgan fingerprint density at radius 2 is 1.57 bits per heavy atom. The second-order valence-electron chi connectivity index (χ2n) is 4.11. The molecule has 2 aromatic rings. The van der Waals surface area contributed by atoms with E-state index in [-0.39, 0.29) is 19.0 Å². The van der Waals surface area contributed by atoms with E-state index < -0.39 is 11.9 Å². The normalized spacial score (nSPS) is 10.2. The number of anilines is 1. The van der Waals surface area contributed by atoms with E-state index >= 15 is 0 Å². The summed E-state index contributed by atoms with van der Waals surface area (Å²) in [4.78, 5) is 28.5. The summed E-state index contributed by atoms with van der Waals surface area (Å²) in [5.74, 6) is -0.879.